The fourth-order valence-electron chi connectivity index (χ4n) is 6.32. The Morgan fingerprint density at radius 3 is 2.29 bits per heavy atom. The van der Waals surface area contributed by atoms with Gasteiger partial charge in [0.15, 0.2) is 0 Å². The number of para-hydroxylation sites is 2. The molecule has 2 amide bonds. The third kappa shape index (κ3) is 5.90. The summed E-state index contributed by atoms with van der Waals surface area (Å²) in [4.78, 5) is 16.9. The molecule has 1 spiro atoms. The van der Waals surface area contributed by atoms with Crippen LogP contribution in [0, 0.1) is 18.2 Å². The average Bonchev–Trinajstić information content (AvgIpc) is 3.21. The summed E-state index contributed by atoms with van der Waals surface area (Å²) in [7, 11) is 0. The van der Waals surface area contributed by atoms with Crippen molar-refractivity contribution in [1.29, 1.82) is 0 Å². The highest BCUT2D eigenvalue weighted by Gasteiger charge is 2.52. The van der Waals surface area contributed by atoms with Crippen LogP contribution >= 0.6 is 0 Å². The van der Waals surface area contributed by atoms with Crippen LogP contribution in [0.25, 0.3) is 0 Å². The number of rotatable bonds is 4. The number of carbonyl (C=O) groups is 1. The molecule has 0 aliphatic carbocycles. The van der Waals surface area contributed by atoms with E-state index in [-0.39, 0.29) is 34.6 Å². The molecule has 0 radical (unpaired) electrons. The Labute approximate surface area is 243 Å². The zero-order valence-corrected chi connectivity index (χ0v) is 24.2. The van der Waals surface area contributed by atoms with Crippen LogP contribution < -0.4 is 15.5 Å². The number of nitrogens with zero attached hydrogens (tertiary/aromatic N) is 2. The summed E-state index contributed by atoms with van der Waals surface area (Å²) in [5.41, 5.74) is 0.0948. The van der Waals surface area contributed by atoms with Crippen molar-refractivity contribution in [2.45, 2.75) is 52.1 Å². The van der Waals surface area contributed by atoms with Gasteiger partial charge in [-0.1, -0.05) is 39.0 Å². The summed E-state index contributed by atoms with van der Waals surface area (Å²) in [5.74, 6) is -0.843. The number of urea groups is 1. The lowest BCUT2D eigenvalue weighted by molar-refractivity contribution is -0.138. The van der Waals surface area contributed by atoms with Crippen LogP contribution in [0.4, 0.5) is 45.1 Å². The third-order valence-electron chi connectivity index (χ3n) is 8.05. The van der Waals surface area contributed by atoms with Crippen molar-refractivity contribution < 1.29 is 27.5 Å². The van der Waals surface area contributed by atoms with Gasteiger partial charge in [0.25, 0.3) is 0 Å². The summed E-state index contributed by atoms with van der Waals surface area (Å²) in [6.45, 7) is 10.4. The molecule has 224 valence electrons. The number of hydrogen-bond acceptors (Lipinski definition) is 4. The molecule has 3 N–H and O–H groups in total. The molecule has 5 rings (SSSR count). The summed E-state index contributed by atoms with van der Waals surface area (Å²) in [5, 5.41) is 16.3. The van der Waals surface area contributed by atoms with Gasteiger partial charge in [0.1, 0.15) is 11.6 Å². The molecule has 42 heavy (non-hydrogen) atoms. The number of likely N-dealkylation sites (tertiary alicyclic amines) is 1. The smallest absolute Gasteiger partial charge is 0.416 e. The van der Waals surface area contributed by atoms with Gasteiger partial charge >= 0.3 is 12.2 Å². The fourth-order valence-corrected chi connectivity index (χ4v) is 6.32. The summed E-state index contributed by atoms with van der Waals surface area (Å²) < 4.78 is 57.7. The molecule has 0 saturated carbocycles. The minimum absolute atomic E-state index is 0.00414. The highest BCUT2D eigenvalue weighted by atomic mass is 19.4. The van der Waals surface area contributed by atoms with Crippen LogP contribution in [0.3, 0.4) is 0 Å². The number of hydrogen-bond donors (Lipinski definition) is 3. The van der Waals surface area contributed by atoms with Crippen LogP contribution in [0.2, 0.25) is 0 Å². The summed E-state index contributed by atoms with van der Waals surface area (Å²) in [6, 6.07) is 12.5. The number of phenolic OH excluding ortho intramolecular Hbond substituents is 1. The SMILES string of the molecule is Cc1ccc(NC(=O)Nc2ccccc2N2CC3(CCN(CC(C)(C)C)CC3)c3c(C(F)(F)F)ccc(O)c32)c(F)c1. The van der Waals surface area contributed by atoms with Gasteiger partial charge in [-0.15, -0.1) is 0 Å². The first-order chi connectivity index (χ1) is 19.7. The van der Waals surface area contributed by atoms with E-state index in [1.54, 1.807) is 42.2 Å². The van der Waals surface area contributed by atoms with E-state index in [1.165, 1.54) is 12.1 Å². The number of alkyl halides is 3. The van der Waals surface area contributed by atoms with Crippen molar-refractivity contribution in [1.82, 2.24) is 4.90 Å². The Balaban J connectivity index is 1.51. The number of aryl methyl sites for hydroxylation is 1. The molecular formula is C32H36F4N4O2. The van der Waals surface area contributed by atoms with Gasteiger partial charge in [-0.3, -0.25) is 0 Å². The molecule has 2 aliphatic rings. The van der Waals surface area contributed by atoms with Gasteiger partial charge in [-0.25, -0.2) is 9.18 Å². The Bertz CT molecular complexity index is 1490. The van der Waals surface area contributed by atoms with Crippen molar-refractivity contribution >= 4 is 28.8 Å². The van der Waals surface area contributed by atoms with Crippen molar-refractivity contribution in [3.8, 4) is 5.75 Å². The largest absolute Gasteiger partial charge is 0.506 e. The number of benzene rings is 3. The van der Waals surface area contributed by atoms with E-state index in [9.17, 15) is 27.5 Å². The second-order valence-corrected chi connectivity index (χ2v) is 12.6. The molecule has 3 aromatic rings. The predicted octanol–water partition coefficient (Wildman–Crippen LogP) is 8.03. The Morgan fingerprint density at radius 1 is 0.976 bits per heavy atom. The molecular weight excluding hydrogens is 548 g/mol. The summed E-state index contributed by atoms with van der Waals surface area (Å²) >= 11 is 0. The van der Waals surface area contributed by atoms with Crippen LogP contribution in [0.15, 0.2) is 54.6 Å². The molecule has 1 saturated heterocycles. The lowest BCUT2D eigenvalue weighted by Crippen LogP contribution is -2.47. The first-order valence-corrected chi connectivity index (χ1v) is 14.0. The lowest BCUT2D eigenvalue weighted by Gasteiger charge is -2.42. The average molecular weight is 585 g/mol. The van der Waals surface area contributed by atoms with Crippen LogP contribution in [0.5, 0.6) is 5.75 Å². The van der Waals surface area contributed by atoms with E-state index in [1.807, 2.05) is 0 Å². The maximum Gasteiger partial charge on any atom is 0.416 e. The first kappa shape index (κ1) is 29.7. The maximum absolute atomic E-state index is 14.5. The second-order valence-electron chi connectivity index (χ2n) is 12.6. The number of piperidine rings is 1. The fraction of sp³-hybridized carbons (Fsp3) is 0.406. The zero-order chi connectivity index (χ0) is 30.4. The number of amides is 2. The Kier molecular flexibility index (Phi) is 7.64. The summed E-state index contributed by atoms with van der Waals surface area (Å²) in [6.07, 6.45) is -3.64. The maximum atomic E-state index is 14.5. The number of aromatic hydroxyl groups is 1. The van der Waals surface area contributed by atoms with E-state index < -0.39 is 29.0 Å². The van der Waals surface area contributed by atoms with Gasteiger partial charge < -0.3 is 25.5 Å². The lowest BCUT2D eigenvalue weighted by atomic mass is 9.72. The van der Waals surface area contributed by atoms with Crippen LogP contribution in [-0.2, 0) is 11.6 Å². The van der Waals surface area contributed by atoms with E-state index in [4.69, 9.17) is 0 Å². The minimum atomic E-state index is -4.61. The van der Waals surface area contributed by atoms with Gasteiger partial charge in [0, 0.05) is 18.5 Å². The number of nitrogens with one attached hydrogen (secondary N) is 2. The normalized spacial score (nSPS) is 16.9. The first-order valence-electron chi connectivity index (χ1n) is 14.0. The molecule has 6 nitrogen and oxygen atoms in total. The standard InChI is InChI=1S/C32H36F4N4O2/c1-20-9-11-23(22(33)17-20)37-29(42)38-24-7-5-6-8-25(24)40-19-31(13-15-39(16-14-31)18-30(2,3)4)27-21(32(34,35)36)10-12-26(41)28(27)40/h5-12,17,41H,13-16,18-19H2,1-4H3,(H2,37,38,42). The number of halogens is 4. The van der Waals surface area contributed by atoms with Crippen LogP contribution in [-0.4, -0.2) is 42.2 Å². The van der Waals surface area contributed by atoms with Crippen molar-refractivity contribution in [3.05, 3.63) is 77.1 Å². The monoisotopic (exact) mass is 584 g/mol. The van der Waals surface area contributed by atoms with E-state index in [0.29, 0.717) is 42.9 Å². The molecule has 0 atom stereocenters. The van der Waals surface area contributed by atoms with Crippen LogP contribution in [0.1, 0.15) is 50.3 Å². The molecule has 3 aromatic carbocycles. The number of anilines is 4. The van der Waals surface area contributed by atoms with E-state index >= 15 is 0 Å². The van der Waals surface area contributed by atoms with Crippen molar-refractivity contribution in [3.63, 3.8) is 0 Å². The van der Waals surface area contributed by atoms with Crippen molar-refractivity contribution in [2.24, 2.45) is 5.41 Å². The number of carbonyl (C=O) groups excluding carboxylic acids is 1. The van der Waals surface area contributed by atoms with Gasteiger partial charge in [0.2, 0.25) is 0 Å². The topological polar surface area (TPSA) is 67.8 Å². The van der Waals surface area contributed by atoms with Gasteiger partial charge in [0.05, 0.1) is 28.3 Å². The highest BCUT2D eigenvalue weighted by Crippen LogP contribution is 2.57. The molecule has 2 aliphatic heterocycles. The van der Waals surface area contributed by atoms with E-state index in [0.717, 1.165) is 18.7 Å². The van der Waals surface area contributed by atoms with Gasteiger partial charge in [-0.2, -0.15) is 13.2 Å². The molecule has 0 aromatic heterocycles. The number of phenols is 1. The molecule has 1 fully saturated rings. The minimum Gasteiger partial charge on any atom is -0.506 e. The Hall–Kier alpha value is -3.79. The van der Waals surface area contributed by atoms with Gasteiger partial charge in [-0.05, 0) is 85.8 Å². The quantitative estimate of drug-likeness (QED) is 0.272. The molecule has 0 bridgehead atoms. The number of fused-ring (bicyclic) bond motifs is 2. The zero-order valence-electron chi connectivity index (χ0n) is 24.2. The molecule has 0 unspecified atom stereocenters. The highest BCUT2D eigenvalue weighted by molar-refractivity contribution is 6.02. The third-order valence-corrected chi connectivity index (χ3v) is 8.05. The van der Waals surface area contributed by atoms with E-state index in [2.05, 4.69) is 36.3 Å². The molecule has 2 heterocycles. The molecule has 10 heteroatoms. The predicted molar refractivity (Wildman–Crippen MR) is 157 cm³/mol. The van der Waals surface area contributed by atoms with Crippen molar-refractivity contribution in [2.75, 3.05) is 41.7 Å². The second kappa shape index (κ2) is 10.8. The Morgan fingerprint density at radius 2 is 1.64 bits per heavy atom.